The Bertz CT molecular complexity index is 2730. The Morgan fingerprint density at radius 1 is 0.628 bits per heavy atom. The van der Waals surface area contributed by atoms with Crippen LogP contribution in [0.5, 0.6) is 0 Å². The van der Waals surface area contributed by atoms with E-state index in [4.69, 9.17) is 14.4 Å². The zero-order valence-electron chi connectivity index (χ0n) is 22.8. The van der Waals surface area contributed by atoms with Crippen molar-refractivity contribution < 1.29 is 4.42 Å². The van der Waals surface area contributed by atoms with Crippen LogP contribution in [0.15, 0.2) is 132 Å². The monoisotopic (exact) mass is 551 g/mol. The SMILES string of the molecule is c1ccc(-c2ncnc3c2oc2ccc4cccc(-n5c6ccccc6c6cn7c(cc65)nc5ccccc57)c4c23)cc1. The molecule has 0 radical (unpaired) electrons. The highest BCUT2D eigenvalue weighted by Crippen LogP contribution is 2.42. The van der Waals surface area contributed by atoms with E-state index in [1.807, 2.05) is 30.3 Å². The van der Waals surface area contributed by atoms with Crippen molar-refractivity contribution in [1.29, 1.82) is 0 Å². The van der Waals surface area contributed by atoms with Crippen molar-refractivity contribution in [2.75, 3.05) is 0 Å². The molecule has 10 rings (SSSR count). The topological polar surface area (TPSA) is 61.2 Å². The van der Waals surface area contributed by atoms with Crippen LogP contribution in [0.3, 0.4) is 0 Å². The van der Waals surface area contributed by atoms with Gasteiger partial charge in [0.2, 0.25) is 0 Å². The third-order valence-electron chi connectivity index (χ3n) is 8.63. The molecule has 0 N–H and O–H groups in total. The average Bonchev–Trinajstić information content (AvgIpc) is 3.73. The van der Waals surface area contributed by atoms with Crippen LogP contribution in [0.1, 0.15) is 0 Å². The second-order valence-electron chi connectivity index (χ2n) is 10.9. The van der Waals surface area contributed by atoms with Gasteiger partial charge < -0.3 is 8.98 Å². The number of para-hydroxylation sites is 3. The molecular weight excluding hydrogens is 530 g/mol. The van der Waals surface area contributed by atoms with E-state index in [2.05, 4.69) is 105 Å². The normalized spacial score (nSPS) is 12.2. The maximum atomic E-state index is 6.54. The highest BCUT2D eigenvalue weighted by molar-refractivity contribution is 6.22. The molecule has 0 atom stereocenters. The summed E-state index contributed by atoms with van der Waals surface area (Å²) in [6.07, 6.45) is 3.87. The number of pyridine rings is 1. The minimum Gasteiger partial charge on any atom is -0.452 e. The molecular formula is C37H21N5O. The van der Waals surface area contributed by atoms with Crippen LogP contribution in [-0.2, 0) is 0 Å². The molecule has 0 fully saturated rings. The van der Waals surface area contributed by atoms with Gasteiger partial charge in [-0.15, -0.1) is 0 Å². The van der Waals surface area contributed by atoms with Gasteiger partial charge in [0.05, 0.1) is 33.1 Å². The van der Waals surface area contributed by atoms with Gasteiger partial charge in [-0.2, -0.15) is 0 Å². The van der Waals surface area contributed by atoms with Crippen LogP contribution in [-0.4, -0.2) is 23.9 Å². The lowest BCUT2D eigenvalue weighted by molar-refractivity contribution is 0.667. The Morgan fingerprint density at radius 2 is 1.47 bits per heavy atom. The van der Waals surface area contributed by atoms with Gasteiger partial charge >= 0.3 is 0 Å². The minimum atomic E-state index is 0.694. The zero-order chi connectivity index (χ0) is 28.1. The molecule has 0 spiro atoms. The maximum absolute atomic E-state index is 6.54. The number of rotatable bonds is 2. The van der Waals surface area contributed by atoms with E-state index >= 15 is 0 Å². The summed E-state index contributed by atoms with van der Waals surface area (Å²) in [4.78, 5) is 14.4. The summed E-state index contributed by atoms with van der Waals surface area (Å²) in [5.74, 6) is 0. The van der Waals surface area contributed by atoms with Crippen molar-refractivity contribution in [3.8, 4) is 16.9 Å². The Kier molecular flexibility index (Phi) is 4.36. The molecule has 0 saturated heterocycles. The summed E-state index contributed by atoms with van der Waals surface area (Å²) in [7, 11) is 0. The first-order valence-electron chi connectivity index (χ1n) is 14.3. The third kappa shape index (κ3) is 3.04. The molecule has 0 aliphatic rings. The van der Waals surface area contributed by atoms with Crippen LogP contribution in [0.4, 0.5) is 0 Å². The predicted octanol–water partition coefficient (Wildman–Crippen LogP) is 9.09. The van der Waals surface area contributed by atoms with E-state index in [1.54, 1.807) is 6.33 Å². The molecule has 5 aromatic carbocycles. The van der Waals surface area contributed by atoms with Gasteiger partial charge in [0.15, 0.2) is 5.58 Å². The fourth-order valence-corrected chi connectivity index (χ4v) is 6.78. The van der Waals surface area contributed by atoms with E-state index in [0.29, 0.717) is 5.58 Å². The molecule has 200 valence electrons. The average molecular weight is 552 g/mol. The van der Waals surface area contributed by atoms with E-state index in [0.717, 1.165) is 71.9 Å². The number of hydrogen-bond acceptors (Lipinski definition) is 4. The van der Waals surface area contributed by atoms with E-state index in [1.165, 1.54) is 10.8 Å². The Morgan fingerprint density at radius 3 is 2.40 bits per heavy atom. The largest absolute Gasteiger partial charge is 0.452 e. The summed E-state index contributed by atoms with van der Waals surface area (Å²) < 4.78 is 11.1. The number of hydrogen-bond donors (Lipinski definition) is 0. The molecule has 0 amide bonds. The summed E-state index contributed by atoms with van der Waals surface area (Å²) in [6, 6.07) is 39.9. The molecule has 43 heavy (non-hydrogen) atoms. The molecule has 0 saturated carbocycles. The van der Waals surface area contributed by atoms with Crippen molar-refractivity contribution >= 4 is 71.3 Å². The summed E-state index contributed by atoms with van der Waals surface area (Å²) in [5, 5.41) is 5.55. The van der Waals surface area contributed by atoms with Crippen molar-refractivity contribution in [1.82, 2.24) is 23.9 Å². The summed E-state index contributed by atoms with van der Waals surface area (Å²) >= 11 is 0. The molecule has 0 unspecified atom stereocenters. The highest BCUT2D eigenvalue weighted by atomic mass is 16.3. The van der Waals surface area contributed by atoms with Crippen LogP contribution in [0.25, 0.3) is 88.3 Å². The Balaban J connectivity index is 1.36. The molecule has 6 nitrogen and oxygen atoms in total. The molecule has 6 heteroatoms. The lowest BCUT2D eigenvalue weighted by Gasteiger charge is -2.12. The third-order valence-corrected chi connectivity index (χ3v) is 8.63. The van der Waals surface area contributed by atoms with Crippen molar-refractivity contribution in [2.45, 2.75) is 0 Å². The van der Waals surface area contributed by atoms with Crippen molar-refractivity contribution in [2.24, 2.45) is 0 Å². The fraction of sp³-hybridized carbons (Fsp3) is 0. The lowest BCUT2D eigenvalue weighted by atomic mass is 10.0. The lowest BCUT2D eigenvalue weighted by Crippen LogP contribution is -1.96. The van der Waals surface area contributed by atoms with Crippen LogP contribution in [0.2, 0.25) is 0 Å². The number of furan rings is 1. The molecule has 5 heterocycles. The zero-order valence-corrected chi connectivity index (χ0v) is 22.8. The van der Waals surface area contributed by atoms with Gasteiger partial charge in [0.1, 0.15) is 28.8 Å². The van der Waals surface area contributed by atoms with Crippen LogP contribution in [0, 0.1) is 0 Å². The van der Waals surface area contributed by atoms with Gasteiger partial charge in [0, 0.05) is 34.0 Å². The number of aromatic nitrogens is 5. The number of nitrogens with zero attached hydrogens (tertiary/aromatic N) is 5. The van der Waals surface area contributed by atoms with Crippen LogP contribution < -0.4 is 0 Å². The Hall–Kier alpha value is -6.01. The highest BCUT2D eigenvalue weighted by Gasteiger charge is 2.21. The smallest absolute Gasteiger partial charge is 0.180 e. The maximum Gasteiger partial charge on any atom is 0.180 e. The number of fused-ring (bicyclic) bond motifs is 11. The molecule has 0 aliphatic carbocycles. The van der Waals surface area contributed by atoms with E-state index < -0.39 is 0 Å². The van der Waals surface area contributed by atoms with Gasteiger partial charge in [0.25, 0.3) is 0 Å². The fourth-order valence-electron chi connectivity index (χ4n) is 6.78. The van der Waals surface area contributed by atoms with E-state index in [9.17, 15) is 0 Å². The second kappa shape index (κ2) is 8.27. The quantitative estimate of drug-likeness (QED) is 0.215. The predicted molar refractivity (Wildman–Crippen MR) is 173 cm³/mol. The molecule has 0 aliphatic heterocycles. The first kappa shape index (κ1) is 22.7. The van der Waals surface area contributed by atoms with Gasteiger partial charge in [-0.05, 0) is 35.7 Å². The van der Waals surface area contributed by atoms with Crippen LogP contribution >= 0.6 is 0 Å². The minimum absolute atomic E-state index is 0.694. The number of imidazole rings is 1. The summed E-state index contributed by atoms with van der Waals surface area (Å²) in [6.45, 7) is 0. The Labute approximate surface area is 244 Å². The summed E-state index contributed by atoms with van der Waals surface area (Å²) in [5.41, 5.74) is 10.4. The van der Waals surface area contributed by atoms with Crippen molar-refractivity contribution in [3.63, 3.8) is 0 Å². The van der Waals surface area contributed by atoms with Gasteiger partial charge in [-0.25, -0.2) is 15.0 Å². The molecule has 5 aromatic heterocycles. The standard InChI is InChI=1S/C37H21N5O/c1-2-9-23(10-3-1)35-37-36(39-21-38-35)34-31(43-37)18-17-22-11-8-16-29(33(22)34)42-27-14-6-4-12-24(27)25-20-41-28-15-7-5-13-26(28)40-32(41)19-30(25)42/h1-21H. The molecule has 10 aromatic rings. The first-order chi connectivity index (χ1) is 21.3. The number of benzene rings is 5. The molecule has 0 bridgehead atoms. The second-order valence-corrected chi connectivity index (χ2v) is 10.9. The van der Waals surface area contributed by atoms with Gasteiger partial charge in [-0.3, -0.25) is 4.40 Å². The van der Waals surface area contributed by atoms with Gasteiger partial charge in [-0.1, -0.05) is 78.9 Å². The first-order valence-corrected chi connectivity index (χ1v) is 14.3. The van der Waals surface area contributed by atoms with Crippen molar-refractivity contribution in [3.05, 3.63) is 128 Å². The van der Waals surface area contributed by atoms with E-state index in [-0.39, 0.29) is 0 Å².